The third-order valence-corrected chi connectivity index (χ3v) is 6.38. The third-order valence-electron chi connectivity index (χ3n) is 6.38. The minimum absolute atomic E-state index is 0.0988. The lowest BCUT2D eigenvalue weighted by Gasteiger charge is -2.35. The van der Waals surface area contributed by atoms with Gasteiger partial charge in [-0.3, -0.25) is 9.59 Å². The van der Waals surface area contributed by atoms with E-state index in [1.54, 1.807) is 31.7 Å². The van der Waals surface area contributed by atoms with Crippen LogP contribution >= 0.6 is 0 Å². The number of carbonyl (C=O) groups excluding carboxylic acids is 3. The summed E-state index contributed by atoms with van der Waals surface area (Å²) in [5.41, 5.74) is 2.09. The van der Waals surface area contributed by atoms with Crippen molar-refractivity contribution in [3.63, 3.8) is 0 Å². The first-order valence-electron chi connectivity index (χ1n) is 13.6. The summed E-state index contributed by atoms with van der Waals surface area (Å²) >= 11 is 0. The van der Waals surface area contributed by atoms with Crippen molar-refractivity contribution in [2.45, 2.75) is 111 Å². The quantitative estimate of drug-likeness (QED) is 0.390. The van der Waals surface area contributed by atoms with E-state index in [0.717, 1.165) is 42.4 Å². The lowest BCUT2D eigenvalue weighted by Crippen LogP contribution is -2.54. The number of carbonyl (C=O) groups is 3. The molecule has 1 aliphatic carbocycles. The Morgan fingerprint density at radius 3 is 2.19 bits per heavy atom. The van der Waals surface area contributed by atoms with Crippen molar-refractivity contribution >= 4 is 17.9 Å². The van der Waals surface area contributed by atoms with Gasteiger partial charge in [-0.1, -0.05) is 68.5 Å². The van der Waals surface area contributed by atoms with E-state index in [9.17, 15) is 14.4 Å². The van der Waals surface area contributed by atoms with Crippen molar-refractivity contribution in [3.05, 3.63) is 47.5 Å². The van der Waals surface area contributed by atoms with Gasteiger partial charge in [-0.2, -0.15) is 0 Å². The second-order valence-corrected chi connectivity index (χ2v) is 11.8. The molecule has 206 valence electrons. The maximum absolute atomic E-state index is 14.1. The topological polar surface area (TPSA) is 87.7 Å². The van der Waals surface area contributed by atoms with Gasteiger partial charge in [-0.15, -0.1) is 6.58 Å². The number of benzene rings is 1. The van der Waals surface area contributed by atoms with Crippen molar-refractivity contribution < 1.29 is 19.1 Å². The molecule has 0 heterocycles. The molecule has 0 saturated heterocycles. The second-order valence-electron chi connectivity index (χ2n) is 11.8. The highest BCUT2D eigenvalue weighted by atomic mass is 16.6. The number of amides is 3. The Balaban J connectivity index is 2.47. The van der Waals surface area contributed by atoms with E-state index in [1.807, 2.05) is 45.9 Å². The summed E-state index contributed by atoms with van der Waals surface area (Å²) in [4.78, 5) is 42.1. The maximum atomic E-state index is 14.1. The largest absolute Gasteiger partial charge is 0.444 e. The van der Waals surface area contributed by atoms with Crippen molar-refractivity contribution in [3.8, 4) is 0 Å². The third kappa shape index (κ3) is 9.86. The van der Waals surface area contributed by atoms with Gasteiger partial charge < -0.3 is 20.3 Å². The highest BCUT2D eigenvalue weighted by molar-refractivity contribution is 5.92. The fourth-order valence-electron chi connectivity index (χ4n) is 4.97. The molecule has 0 radical (unpaired) electrons. The van der Waals surface area contributed by atoms with E-state index in [-0.39, 0.29) is 30.3 Å². The molecule has 1 aromatic carbocycles. The van der Waals surface area contributed by atoms with E-state index in [4.69, 9.17) is 4.74 Å². The molecule has 2 rings (SSSR count). The number of aryl methyl sites for hydroxylation is 2. The molecule has 7 heteroatoms. The predicted octanol–water partition coefficient (Wildman–Crippen LogP) is 5.75. The molecule has 1 aromatic rings. The van der Waals surface area contributed by atoms with Crippen LogP contribution in [0.4, 0.5) is 4.79 Å². The van der Waals surface area contributed by atoms with Crippen LogP contribution in [0.1, 0.15) is 95.9 Å². The Kier molecular flexibility index (Phi) is 11.2. The standard InChI is InChI=1S/C30H47N3O4/c1-9-15-33(28(35)25(16-20(2)3)32-29(36)37-30(6,7)8)26(23-18-21(4)17-22(5)19-23)27(34)31-24-13-11-10-12-14-24/h9,17-20,24-26H,1,10-16H2,2-8H3,(H,31,34)(H,32,36). The first kappa shape index (κ1) is 30.4. The predicted molar refractivity (Wildman–Crippen MR) is 148 cm³/mol. The van der Waals surface area contributed by atoms with Gasteiger partial charge >= 0.3 is 6.09 Å². The molecule has 1 saturated carbocycles. The zero-order valence-electron chi connectivity index (χ0n) is 23.9. The SMILES string of the molecule is C=CCN(C(=O)C(CC(C)C)NC(=O)OC(C)(C)C)C(C(=O)NC1CCCCC1)c1cc(C)cc(C)c1. The number of hydrogen-bond acceptors (Lipinski definition) is 4. The minimum Gasteiger partial charge on any atom is -0.444 e. The summed E-state index contributed by atoms with van der Waals surface area (Å²) in [6.07, 6.45) is 6.63. The highest BCUT2D eigenvalue weighted by Crippen LogP contribution is 2.27. The molecule has 37 heavy (non-hydrogen) atoms. The van der Waals surface area contributed by atoms with Gasteiger partial charge in [0, 0.05) is 12.6 Å². The molecule has 2 N–H and O–H groups in total. The van der Waals surface area contributed by atoms with Crippen molar-refractivity contribution in [2.75, 3.05) is 6.54 Å². The Hall–Kier alpha value is -2.83. The van der Waals surface area contributed by atoms with Crippen LogP contribution in [-0.4, -0.2) is 47.0 Å². The van der Waals surface area contributed by atoms with Crippen LogP contribution in [0.5, 0.6) is 0 Å². The van der Waals surface area contributed by atoms with Gasteiger partial charge in [0.05, 0.1) is 0 Å². The van der Waals surface area contributed by atoms with E-state index in [1.165, 1.54) is 6.42 Å². The minimum atomic E-state index is -0.846. The maximum Gasteiger partial charge on any atom is 0.408 e. The summed E-state index contributed by atoms with van der Waals surface area (Å²) in [7, 11) is 0. The van der Waals surface area contributed by atoms with Crippen molar-refractivity contribution in [1.82, 2.24) is 15.5 Å². The summed E-state index contributed by atoms with van der Waals surface area (Å²) in [6, 6.07) is 4.37. The van der Waals surface area contributed by atoms with Crippen molar-refractivity contribution in [1.29, 1.82) is 0 Å². The monoisotopic (exact) mass is 513 g/mol. The highest BCUT2D eigenvalue weighted by Gasteiger charge is 2.37. The fraction of sp³-hybridized carbons (Fsp3) is 0.633. The summed E-state index contributed by atoms with van der Waals surface area (Å²) in [6.45, 7) is 17.3. The second kappa shape index (κ2) is 13.6. The van der Waals surface area contributed by atoms with Gasteiger partial charge in [0.15, 0.2) is 0 Å². The first-order valence-corrected chi connectivity index (χ1v) is 13.6. The Morgan fingerprint density at radius 1 is 1.08 bits per heavy atom. The van der Waals surface area contributed by atoms with E-state index < -0.39 is 23.8 Å². The number of hydrogen-bond donors (Lipinski definition) is 2. The van der Waals surface area contributed by atoms with Crippen molar-refractivity contribution in [2.24, 2.45) is 5.92 Å². The summed E-state index contributed by atoms with van der Waals surface area (Å²) in [5.74, 6) is -0.403. The molecule has 0 aromatic heterocycles. The van der Waals surface area contributed by atoms with Crippen LogP contribution in [0.25, 0.3) is 0 Å². The fourth-order valence-corrected chi connectivity index (χ4v) is 4.97. The molecular weight excluding hydrogens is 466 g/mol. The number of rotatable bonds is 10. The molecule has 1 fully saturated rings. The van der Waals surface area contributed by atoms with Crippen LogP contribution < -0.4 is 10.6 Å². The molecular formula is C30H47N3O4. The van der Waals surface area contributed by atoms with E-state index >= 15 is 0 Å². The average molecular weight is 514 g/mol. The van der Waals surface area contributed by atoms with E-state index in [2.05, 4.69) is 17.2 Å². The number of nitrogens with one attached hydrogen (secondary N) is 2. The Labute approximate surface area is 223 Å². The molecule has 3 amide bonds. The molecule has 1 aliphatic rings. The van der Waals surface area contributed by atoms with Crippen LogP contribution in [-0.2, 0) is 14.3 Å². The van der Waals surface area contributed by atoms with Crippen LogP contribution in [0.3, 0.4) is 0 Å². The Morgan fingerprint density at radius 2 is 1.68 bits per heavy atom. The lowest BCUT2D eigenvalue weighted by atomic mass is 9.93. The zero-order chi connectivity index (χ0) is 27.8. The Bertz CT molecular complexity index is 924. The van der Waals surface area contributed by atoms with Gasteiger partial charge in [0.1, 0.15) is 17.7 Å². The number of alkyl carbamates (subject to hydrolysis) is 1. The summed E-state index contributed by atoms with van der Waals surface area (Å²) in [5, 5.41) is 6.00. The molecule has 2 atom stereocenters. The molecule has 0 bridgehead atoms. The molecule has 0 spiro atoms. The van der Waals surface area contributed by atoms with Crippen LogP contribution in [0, 0.1) is 19.8 Å². The first-order chi connectivity index (χ1) is 17.3. The van der Waals surface area contributed by atoms with Gasteiger partial charge in [0.25, 0.3) is 0 Å². The number of ether oxygens (including phenoxy) is 1. The molecule has 2 unspecified atom stereocenters. The normalized spacial score (nSPS) is 16.0. The zero-order valence-corrected chi connectivity index (χ0v) is 23.9. The smallest absolute Gasteiger partial charge is 0.408 e. The van der Waals surface area contributed by atoms with Gasteiger partial charge in [-0.05, 0) is 65.4 Å². The van der Waals surface area contributed by atoms with Crippen LogP contribution in [0.15, 0.2) is 30.9 Å². The van der Waals surface area contributed by atoms with E-state index in [0.29, 0.717) is 6.42 Å². The lowest BCUT2D eigenvalue weighted by molar-refractivity contribution is -0.142. The number of nitrogens with zero attached hydrogens (tertiary/aromatic N) is 1. The molecule has 7 nitrogen and oxygen atoms in total. The van der Waals surface area contributed by atoms with Crippen LogP contribution in [0.2, 0.25) is 0 Å². The van der Waals surface area contributed by atoms with Gasteiger partial charge in [0.2, 0.25) is 11.8 Å². The molecule has 0 aliphatic heterocycles. The summed E-state index contributed by atoms with van der Waals surface area (Å²) < 4.78 is 5.44. The van der Waals surface area contributed by atoms with Gasteiger partial charge in [-0.25, -0.2) is 4.79 Å². The average Bonchev–Trinajstić information content (AvgIpc) is 2.76.